The lowest BCUT2D eigenvalue weighted by Crippen LogP contribution is -2.01. The molecule has 0 nitrogen and oxygen atoms in total. The molecular weight excluding hydrogens is 395 g/mol. The number of hydrogen-bond donors (Lipinski definition) is 0. The van der Waals surface area contributed by atoms with Crippen molar-refractivity contribution in [3.63, 3.8) is 0 Å². The Bertz CT molecular complexity index is 231. The molecule has 1 rings (SSSR count). The van der Waals surface area contributed by atoms with Gasteiger partial charge in [-0.15, -0.1) is 0 Å². The van der Waals surface area contributed by atoms with Crippen molar-refractivity contribution >= 4 is 45.2 Å². The van der Waals surface area contributed by atoms with Gasteiger partial charge in [0.05, 0.1) is 7.14 Å². The van der Waals surface area contributed by atoms with E-state index in [1.54, 1.807) is 45.2 Å². The monoisotopic (exact) mass is 398 g/mol. The minimum absolute atomic E-state index is 0.00574. The van der Waals surface area contributed by atoms with E-state index in [0.717, 1.165) is 0 Å². The van der Waals surface area contributed by atoms with Crippen LogP contribution < -0.4 is 0 Å². The number of halogens is 5. The second-order valence-electron chi connectivity index (χ2n) is 2.19. The Morgan fingerprint density at radius 2 is 1.25 bits per heavy atom. The third-order valence-corrected chi connectivity index (χ3v) is 4.49. The van der Waals surface area contributed by atoms with E-state index in [2.05, 4.69) is 0 Å². The standard InChI is InChI=1S/C7H3F3I2/c1-2-3(8)5(10)7(12)6(11)4(2)9/h1H3. The van der Waals surface area contributed by atoms with Gasteiger partial charge >= 0.3 is 0 Å². The topological polar surface area (TPSA) is 0 Å². The zero-order valence-electron chi connectivity index (χ0n) is 5.89. The van der Waals surface area contributed by atoms with Crippen molar-refractivity contribution in [3.05, 3.63) is 30.2 Å². The summed E-state index contributed by atoms with van der Waals surface area (Å²) in [6, 6.07) is 0. The van der Waals surface area contributed by atoms with Gasteiger partial charge in [0.25, 0.3) is 0 Å². The smallest absolute Gasteiger partial charge is 0.173 e. The fourth-order valence-electron chi connectivity index (χ4n) is 0.715. The molecule has 5 heteroatoms. The Labute approximate surface area is 94.8 Å². The summed E-state index contributed by atoms with van der Waals surface area (Å²) in [5.41, 5.74) is -0.266. The molecule has 0 saturated heterocycles. The molecule has 0 N–H and O–H groups in total. The minimum atomic E-state index is -1.10. The van der Waals surface area contributed by atoms with Crippen LogP contribution in [0.5, 0.6) is 0 Å². The van der Waals surface area contributed by atoms with Gasteiger partial charge in [-0.25, -0.2) is 13.2 Å². The maximum atomic E-state index is 13.0. The lowest BCUT2D eigenvalue weighted by molar-refractivity contribution is 0.478. The summed E-state index contributed by atoms with van der Waals surface area (Å²) < 4.78 is 38.8. The Balaban J connectivity index is 3.60. The van der Waals surface area contributed by atoms with Gasteiger partial charge in [-0.1, -0.05) is 0 Å². The van der Waals surface area contributed by atoms with Crippen molar-refractivity contribution in [1.82, 2.24) is 0 Å². The van der Waals surface area contributed by atoms with Crippen LogP contribution in [0.4, 0.5) is 13.2 Å². The normalized spacial score (nSPS) is 10.5. The molecule has 0 bridgehead atoms. The van der Waals surface area contributed by atoms with Crippen LogP contribution in [0.1, 0.15) is 5.56 Å². The average Bonchev–Trinajstić information content (AvgIpc) is 2.08. The third-order valence-electron chi connectivity index (χ3n) is 1.43. The Morgan fingerprint density at radius 3 is 1.75 bits per heavy atom. The fraction of sp³-hybridized carbons (Fsp3) is 0.143. The minimum Gasteiger partial charge on any atom is -0.205 e. The molecule has 12 heavy (non-hydrogen) atoms. The van der Waals surface area contributed by atoms with Crippen LogP contribution in [0.15, 0.2) is 0 Å². The maximum Gasteiger partial charge on any atom is 0.173 e. The number of hydrogen-bond acceptors (Lipinski definition) is 0. The Kier molecular flexibility index (Phi) is 3.24. The van der Waals surface area contributed by atoms with E-state index in [-0.39, 0.29) is 12.7 Å². The molecule has 0 saturated carbocycles. The molecule has 0 unspecified atom stereocenters. The molecule has 0 aliphatic rings. The van der Waals surface area contributed by atoms with Crippen molar-refractivity contribution < 1.29 is 13.2 Å². The molecule has 0 spiro atoms. The summed E-state index contributed by atoms with van der Waals surface area (Å²) in [5, 5.41) is 0. The average molecular weight is 398 g/mol. The second kappa shape index (κ2) is 3.69. The first-order valence-electron chi connectivity index (χ1n) is 2.94. The van der Waals surface area contributed by atoms with Crippen LogP contribution in [0, 0.1) is 31.5 Å². The van der Waals surface area contributed by atoms with E-state index in [1.807, 2.05) is 0 Å². The van der Waals surface area contributed by atoms with Gasteiger partial charge in [-0.3, -0.25) is 0 Å². The summed E-state index contributed by atoms with van der Waals surface area (Å²) in [6.45, 7) is 1.21. The molecule has 1 aromatic carbocycles. The lowest BCUT2D eigenvalue weighted by atomic mass is 10.2. The highest BCUT2D eigenvalue weighted by Crippen LogP contribution is 2.26. The summed E-state index contributed by atoms with van der Waals surface area (Å²) >= 11 is 3.22. The molecule has 0 heterocycles. The van der Waals surface area contributed by atoms with E-state index in [1.165, 1.54) is 6.92 Å². The van der Waals surface area contributed by atoms with E-state index in [4.69, 9.17) is 0 Å². The van der Waals surface area contributed by atoms with Crippen molar-refractivity contribution in [2.45, 2.75) is 6.92 Å². The van der Waals surface area contributed by atoms with Crippen LogP contribution in [0.3, 0.4) is 0 Å². The Hall–Kier alpha value is 0.470. The summed E-state index contributed by atoms with van der Waals surface area (Å²) in [5.74, 6) is -2.75. The Morgan fingerprint density at radius 1 is 0.833 bits per heavy atom. The molecule has 0 aromatic heterocycles. The fourth-order valence-corrected chi connectivity index (χ4v) is 1.83. The first-order chi connectivity index (χ1) is 5.46. The van der Waals surface area contributed by atoms with Crippen LogP contribution in [-0.2, 0) is 0 Å². The number of rotatable bonds is 0. The SMILES string of the molecule is Cc1c(F)c(F)c(I)c(I)c1F. The van der Waals surface area contributed by atoms with Crippen LogP contribution in [0.2, 0.25) is 0 Å². The molecule has 1 aromatic rings. The predicted molar refractivity (Wildman–Crippen MR) is 56.5 cm³/mol. The van der Waals surface area contributed by atoms with Crippen LogP contribution >= 0.6 is 45.2 Å². The van der Waals surface area contributed by atoms with Crippen molar-refractivity contribution in [1.29, 1.82) is 0 Å². The first-order valence-corrected chi connectivity index (χ1v) is 5.10. The van der Waals surface area contributed by atoms with Crippen molar-refractivity contribution in [2.75, 3.05) is 0 Å². The van der Waals surface area contributed by atoms with Gasteiger partial charge in [-0.05, 0) is 52.1 Å². The maximum absolute atomic E-state index is 13.0. The molecule has 0 aliphatic heterocycles. The highest BCUT2D eigenvalue weighted by Gasteiger charge is 2.18. The van der Waals surface area contributed by atoms with E-state index >= 15 is 0 Å². The zero-order valence-corrected chi connectivity index (χ0v) is 10.2. The van der Waals surface area contributed by atoms with E-state index in [0.29, 0.717) is 0 Å². The highest BCUT2D eigenvalue weighted by atomic mass is 127. The van der Waals surface area contributed by atoms with Crippen molar-refractivity contribution in [2.24, 2.45) is 0 Å². The highest BCUT2D eigenvalue weighted by molar-refractivity contribution is 14.1. The van der Waals surface area contributed by atoms with Gasteiger partial charge in [0.1, 0.15) is 5.82 Å². The molecule has 0 fully saturated rings. The summed E-state index contributed by atoms with van der Waals surface area (Å²) in [7, 11) is 0. The first kappa shape index (κ1) is 10.6. The molecule has 66 valence electrons. The number of benzene rings is 1. The predicted octanol–water partition coefficient (Wildman–Crippen LogP) is 3.62. The van der Waals surface area contributed by atoms with Gasteiger partial charge in [0.15, 0.2) is 11.6 Å². The van der Waals surface area contributed by atoms with E-state index in [9.17, 15) is 13.2 Å². The van der Waals surface area contributed by atoms with Crippen LogP contribution in [0.25, 0.3) is 0 Å². The lowest BCUT2D eigenvalue weighted by Gasteiger charge is -2.05. The van der Waals surface area contributed by atoms with Gasteiger partial charge in [-0.2, -0.15) is 0 Å². The summed E-state index contributed by atoms with van der Waals surface area (Å²) in [6.07, 6.45) is 0. The van der Waals surface area contributed by atoms with Gasteiger partial charge < -0.3 is 0 Å². The molecule has 0 atom stereocenters. The quantitative estimate of drug-likeness (QED) is 0.356. The zero-order chi connectivity index (χ0) is 9.46. The van der Waals surface area contributed by atoms with Gasteiger partial charge in [0.2, 0.25) is 0 Å². The second-order valence-corrected chi connectivity index (χ2v) is 4.35. The molecule has 0 radical (unpaired) electrons. The molecule has 0 aliphatic carbocycles. The largest absolute Gasteiger partial charge is 0.205 e. The van der Waals surface area contributed by atoms with Crippen molar-refractivity contribution in [3.8, 4) is 0 Å². The summed E-state index contributed by atoms with van der Waals surface area (Å²) in [4.78, 5) is 0. The van der Waals surface area contributed by atoms with E-state index < -0.39 is 17.5 Å². The van der Waals surface area contributed by atoms with Gasteiger partial charge in [0, 0.05) is 5.56 Å². The molecular formula is C7H3F3I2. The van der Waals surface area contributed by atoms with Crippen LogP contribution in [-0.4, -0.2) is 0 Å². The molecule has 0 amide bonds. The third kappa shape index (κ3) is 1.57.